The van der Waals surface area contributed by atoms with Crippen molar-refractivity contribution in [3.8, 4) is 5.75 Å². The van der Waals surface area contributed by atoms with Crippen LogP contribution in [-0.4, -0.2) is 34.8 Å². The largest absolute Gasteiger partial charge is 0.489 e. The van der Waals surface area contributed by atoms with Crippen LogP contribution in [0.15, 0.2) is 60.0 Å². The molecule has 3 aromatic rings. The molecule has 0 radical (unpaired) electrons. The van der Waals surface area contributed by atoms with E-state index >= 15 is 0 Å². The molecule has 0 bridgehead atoms. The Bertz CT molecular complexity index is 1030. The Morgan fingerprint density at radius 3 is 2.45 bits per heavy atom. The number of ether oxygens (including phenoxy) is 1. The van der Waals surface area contributed by atoms with Crippen molar-refractivity contribution in [3.05, 3.63) is 76.8 Å². The number of carbonyl (C=O) groups is 2. The molecular formula is C24H25N3O3S. The number of nitrogens with one attached hydrogen (secondary N) is 1. The molecule has 0 aliphatic carbocycles. The second-order valence-electron chi connectivity index (χ2n) is 7.65. The molecule has 0 atom stereocenters. The van der Waals surface area contributed by atoms with Gasteiger partial charge in [-0.1, -0.05) is 30.3 Å². The Morgan fingerprint density at radius 2 is 1.81 bits per heavy atom. The van der Waals surface area contributed by atoms with E-state index in [9.17, 15) is 9.59 Å². The van der Waals surface area contributed by atoms with Gasteiger partial charge in [-0.2, -0.15) is 0 Å². The maximum Gasteiger partial charge on any atom is 0.253 e. The first-order valence-corrected chi connectivity index (χ1v) is 11.3. The van der Waals surface area contributed by atoms with Crippen molar-refractivity contribution in [1.82, 2.24) is 9.88 Å². The Labute approximate surface area is 185 Å². The number of piperidine rings is 1. The maximum atomic E-state index is 12.8. The van der Waals surface area contributed by atoms with Crippen LogP contribution >= 0.6 is 11.3 Å². The van der Waals surface area contributed by atoms with Gasteiger partial charge in [0.05, 0.1) is 5.69 Å². The summed E-state index contributed by atoms with van der Waals surface area (Å²) < 4.78 is 5.75. The van der Waals surface area contributed by atoms with Crippen LogP contribution in [0, 0.1) is 12.8 Å². The Balaban J connectivity index is 1.26. The molecule has 2 heterocycles. The highest BCUT2D eigenvalue weighted by Crippen LogP contribution is 2.22. The van der Waals surface area contributed by atoms with E-state index in [1.54, 1.807) is 0 Å². The minimum Gasteiger partial charge on any atom is -0.489 e. The van der Waals surface area contributed by atoms with E-state index in [1.807, 2.05) is 71.8 Å². The van der Waals surface area contributed by atoms with Crippen molar-refractivity contribution in [2.24, 2.45) is 5.92 Å². The van der Waals surface area contributed by atoms with Gasteiger partial charge in [0, 0.05) is 30.0 Å². The molecule has 1 saturated heterocycles. The lowest BCUT2D eigenvalue weighted by atomic mass is 9.95. The third-order valence-electron chi connectivity index (χ3n) is 5.35. The van der Waals surface area contributed by atoms with Crippen molar-refractivity contribution in [2.45, 2.75) is 26.4 Å². The monoisotopic (exact) mass is 435 g/mol. The fourth-order valence-electron chi connectivity index (χ4n) is 3.57. The van der Waals surface area contributed by atoms with E-state index in [-0.39, 0.29) is 17.7 Å². The summed E-state index contributed by atoms with van der Waals surface area (Å²) in [7, 11) is 0. The molecule has 0 spiro atoms. The number of hydrogen-bond donors (Lipinski definition) is 1. The zero-order chi connectivity index (χ0) is 21.6. The zero-order valence-corrected chi connectivity index (χ0v) is 18.2. The average molecular weight is 436 g/mol. The molecule has 160 valence electrons. The predicted molar refractivity (Wildman–Crippen MR) is 121 cm³/mol. The smallest absolute Gasteiger partial charge is 0.253 e. The van der Waals surface area contributed by atoms with E-state index in [0.29, 0.717) is 43.2 Å². The number of amides is 2. The normalized spacial score (nSPS) is 14.3. The van der Waals surface area contributed by atoms with Crippen LogP contribution in [0.5, 0.6) is 5.75 Å². The highest BCUT2D eigenvalue weighted by Gasteiger charge is 2.28. The summed E-state index contributed by atoms with van der Waals surface area (Å²) in [5.41, 5.74) is 2.57. The number of aryl methyl sites for hydroxylation is 1. The minimum absolute atomic E-state index is 0.00457. The zero-order valence-electron chi connectivity index (χ0n) is 17.4. The number of benzene rings is 2. The van der Waals surface area contributed by atoms with E-state index in [2.05, 4.69) is 10.3 Å². The number of para-hydroxylation sites is 1. The molecule has 0 unspecified atom stereocenters. The first kappa shape index (κ1) is 21.1. The van der Waals surface area contributed by atoms with Gasteiger partial charge in [-0.3, -0.25) is 9.59 Å². The van der Waals surface area contributed by atoms with Gasteiger partial charge in [0.1, 0.15) is 12.4 Å². The fourth-order valence-corrected chi connectivity index (χ4v) is 4.26. The first-order chi connectivity index (χ1) is 15.1. The maximum absolute atomic E-state index is 12.8. The molecular weight excluding hydrogens is 410 g/mol. The standard InChI is InChI=1S/C24H25N3O3S/c1-17-16-31-24(25-17)26-22(28)19-11-13-27(14-12-19)23(29)20-9-7-18(8-10-20)15-30-21-5-3-2-4-6-21/h2-10,16,19H,11-15H2,1H3,(H,25,26,28). The summed E-state index contributed by atoms with van der Waals surface area (Å²) in [6, 6.07) is 17.2. The molecule has 6 nitrogen and oxygen atoms in total. The van der Waals surface area contributed by atoms with Gasteiger partial charge >= 0.3 is 0 Å². The van der Waals surface area contributed by atoms with E-state index in [0.717, 1.165) is 17.0 Å². The van der Waals surface area contributed by atoms with Gasteiger partial charge in [0.2, 0.25) is 5.91 Å². The van der Waals surface area contributed by atoms with Crippen LogP contribution in [0.2, 0.25) is 0 Å². The third kappa shape index (κ3) is 5.49. The summed E-state index contributed by atoms with van der Waals surface area (Å²) >= 11 is 1.43. The number of hydrogen-bond acceptors (Lipinski definition) is 5. The molecule has 1 aliphatic heterocycles. The van der Waals surface area contributed by atoms with Gasteiger partial charge < -0.3 is 15.0 Å². The number of anilines is 1. The Morgan fingerprint density at radius 1 is 1.10 bits per heavy atom. The van der Waals surface area contributed by atoms with Crippen LogP contribution in [0.1, 0.15) is 34.5 Å². The lowest BCUT2D eigenvalue weighted by Gasteiger charge is -2.31. The van der Waals surface area contributed by atoms with Crippen molar-refractivity contribution < 1.29 is 14.3 Å². The van der Waals surface area contributed by atoms with Gasteiger partial charge in [-0.15, -0.1) is 11.3 Å². The highest BCUT2D eigenvalue weighted by molar-refractivity contribution is 7.13. The molecule has 2 amide bonds. The van der Waals surface area contributed by atoms with Crippen molar-refractivity contribution in [1.29, 1.82) is 0 Å². The summed E-state index contributed by atoms with van der Waals surface area (Å²) in [5.74, 6) is 0.722. The second kappa shape index (κ2) is 9.75. The number of likely N-dealkylation sites (tertiary alicyclic amines) is 1. The van der Waals surface area contributed by atoms with Crippen LogP contribution in [0.25, 0.3) is 0 Å². The predicted octanol–water partition coefficient (Wildman–Crippen LogP) is 4.52. The van der Waals surface area contributed by atoms with Gasteiger partial charge in [-0.05, 0) is 49.6 Å². The number of rotatable bonds is 6. The number of aromatic nitrogens is 1. The molecule has 2 aromatic carbocycles. The Kier molecular flexibility index (Phi) is 6.62. The van der Waals surface area contributed by atoms with Crippen molar-refractivity contribution >= 4 is 28.3 Å². The molecule has 31 heavy (non-hydrogen) atoms. The molecule has 1 N–H and O–H groups in total. The number of carbonyl (C=O) groups excluding carboxylic acids is 2. The van der Waals surface area contributed by atoms with E-state index in [4.69, 9.17) is 4.74 Å². The first-order valence-electron chi connectivity index (χ1n) is 10.4. The van der Waals surface area contributed by atoms with Crippen LogP contribution < -0.4 is 10.1 Å². The SMILES string of the molecule is Cc1csc(NC(=O)C2CCN(C(=O)c3ccc(COc4ccccc4)cc3)CC2)n1. The lowest BCUT2D eigenvalue weighted by Crippen LogP contribution is -2.41. The van der Waals surface area contributed by atoms with Gasteiger partial charge in [-0.25, -0.2) is 4.98 Å². The molecule has 1 aromatic heterocycles. The molecule has 0 saturated carbocycles. The van der Waals surface area contributed by atoms with Crippen molar-refractivity contribution in [3.63, 3.8) is 0 Å². The molecule has 4 rings (SSSR count). The fraction of sp³-hybridized carbons (Fsp3) is 0.292. The van der Waals surface area contributed by atoms with Crippen LogP contribution in [-0.2, 0) is 11.4 Å². The van der Waals surface area contributed by atoms with E-state index < -0.39 is 0 Å². The topological polar surface area (TPSA) is 71.5 Å². The molecule has 1 fully saturated rings. The van der Waals surface area contributed by atoms with Crippen molar-refractivity contribution in [2.75, 3.05) is 18.4 Å². The molecule has 7 heteroatoms. The average Bonchev–Trinajstić information content (AvgIpc) is 3.22. The summed E-state index contributed by atoms with van der Waals surface area (Å²) in [6.45, 7) is 3.51. The van der Waals surface area contributed by atoms with Crippen LogP contribution in [0.4, 0.5) is 5.13 Å². The minimum atomic E-state index is -0.0919. The summed E-state index contributed by atoms with van der Waals surface area (Å²) in [6.07, 6.45) is 1.32. The summed E-state index contributed by atoms with van der Waals surface area (Å²) in [4.78, 5) is 31.4. The number of nitrogens with zero attached hydrogens (tertiary/aromatic N) is 2. The van der Waals surface area contributed by atoms with Gasteiger partial charge in [0.25, 0.3) is 5.91 Å². The summed E-state index contributed by atoms with van der Waals surface area (Å²) in [5, 5.41) is 5.44. The molecule has 1 aliphatic rings. The second-order valence-corrected chi connectivity index (χ2v) is 8.51. The third-order valence-corrected chi connectivity index (χ3v) is 6.23. The highest BCUT2D eigenvalue weighted by atomic mass is 32.1. The lowest BCUT2D eigenvalue weighted by molar-refractivity contribution is -0.121. The van der Waals surface area contributed by atoms with Gasteiger partial charge in [0.15, 0.2) is 5.13 Å². The number of thiazole rings is 1. The Hall–Kier alpha value is -3.19. The quantitative estimate of drug-likeness (QED) is 0.618. The van der Waals surface area contributed by atoms with Crippen LogP contribution in [0.3, 0.4) is 0 Å². The van der Waals surface area contributed by atoms with E-state index in [1.165, 1.54) is 11.3 Å².